The highest BCUT2D eigenvalue weighted by Crippen LogP contribution is 2.44. The number of hydrogen-bond donors (Lipinski definition) is 0. The molecule has 2 fully saturated rings. The largest absolute Gasteiger partial charge is 0.490 e. The standard InChI is InChI=1S/C27H36B2O4/c1-24(2)25(3,4)31-28(30-24)19-22(29-32-26(5,6)27(7,8)33-29)23(20-15-11-9-12-16-20)21-17-13-10-14-18-21/h9-18H,19H2,1-8H3. The Bertz CT molecular complexity index is 939. The van der Waals surface area contributed by atoms with Crippen molar-refractivity contribution in [2.24, 2.45) is 0 Å². The van der Waals surface area contributed by atoms with E-state index >= 15 is 0 Å². The Morgan fingerprint density at radius 3 is 1.33 bits per heavy atom. The minimum atomic E-state index is -0.510. The Labute approximate surface area is 200 Å². The lowest BCUT2D eigenvalue weighted by molar-refractivity contribution is 0.00578. The fraction of sp³-hybridized carbons (Fsp3) is 0.481. The van der Waals surface area contributed by atoms with Crippen molar-refractivity contribution >= 4 is 19.8 Å². The molecule has 2 aromatic carbocycles. The summed E-state index contributed by atoms with van der Waals surface area (Å²) in [5.41, 5.74) is 2.66. The molecule has 6 heteroatoms. The average Bonchev–Trinajstić information content (AvgIpc) is 3.08. The van der Waals surface area contributed by atoms with E-state index in [0.717, 1.165) is 22.2 Å². The van der Waals surface area contributed by atoms with Crippen LogP contribution in [0.15, 0.2) is 66.1 Å². The van der Waals surface area contributed by atoms with Crippen LogP contribution in [0, 0.1) is 0 Å². The van der Waals surface area contributed by atoms with Gasteiger partial charge in [0.1, 0.15) is 0 Å². The Hall–Kier alpha value is -1.85. The third-order valence-electron chi connectivity index (χ3n) is 7.67. The molecule has 0 saturated carbocycles. The molecule has 33 heavy (non-hydrogen) atoms. The third-order valence-corrected chi connectivity index (χ3v) is 7.67. The van der Waals surface area contributed by atoms with Crippen LogP contribution in [0.5, 0.6) is 0 Å². The van der Waals surface area contributed by atoms with Gasteiger partial charge in [0.2, 0.25) is 0 Å². The maximum atomic E-state index is 6.57. The first-order chi connectivity index (χ1) is 15.3. The van der Waals surface area contributed by atoms with Crippen molar-refractivity contribution in [3.8, 4) is 0 Å². The van der Waals surface area contributed by atoms with Gasteiger partial charge in [-0.05, 0) is 77.6 Å². The molecule has 2 aliphatic heterocycles. The molecule has 0 spiro atoms. The van der Waals surface area contributed by atoms with E-state index in [0.29, 0.717) is 6.32 Å². The molecule has 2 aliphatic rings. The molecule has 174 valence electrons. The number of rotatable bonds is 5. The maximum Gasteiger partial charge on any atom is 0.490 e. The van der Waals surface area contributed by atoms with Crippen molar-refractivity contribution < 1.29 is 18.6 Å². The molecular formula is C27H36B2O4. The van der Waals surface area contributed by atoms with Gasteiger partial charge < -0.3 is 18.6 Å². The van der Waals surface area contributed by atoms with Gasteiger partial charge in [0.25, 0.3) is 0 Å². The summed E-state index contributed by atoms with van der Waals surface area (Å²) in [7, 11) is -0.907. The van der Waals surface area contributed by atoms with E-state index < -0.39 is 36.6 Å². The molecule has 0 aliphatic carbocycles. The number of benzene rings is 2. The number of allylic oxidation sites excluding steroid dienone is 1. The Morgan fingerprint density at radius 1 is 0.576 bits per heavy atom. The molecule has 2 heterocycles. The van der Waals surface area contributed by atoms with Crippen molar-refractivity contribution in [2.45, 2.75) is 84.1 Å². The van der Waals surface area contributed by atoms with E-state index in [4.69, 9.17) is 18.6 Å². The minimum Gasteiger partial charge on any atom is -0.403 e. The van der Waals surface area contributed by atoms with Crippen LogP contribution in [0.4, 0.5) is 0 Å². The second kappa shape index (κ2) is 8.42. The van der Waals surface area contributed by atoms with Crippen LogP contribution >= 0.6 is 0 Å². The molecule has 2 saturated heterocycles. The highest BCUT2D eigenvalue weighted by Gasteiger charge is 2.56. The van der Waals surface area contributed by atoms with Crippen molar-refractivity contribution in [1.29, 1.82) is 0 Å². The van der Waals surface area contributed by atoms with Gasteiger partial charge in [0.15, 0.2) is 0 Å². The van der Waals surface area contributed by atoms with Crippen molar-refractivity contribution in [3.05, 3.63) is 77.3 Å². The number of hydrogen-bond acceptors (Lipinski definition) is 4. The molecular weight excluding hydrogens is 410 g/mol. The molecule has 0 amide bonds. The lowest BCUT2D eigenvalue weighted by atomic mass is 9.62. The van der Waals surface area contributed by atoms with Crippen LogP contribution in [-0.4, -0.2) is 36.6 Å². The van der Waals surface area contributed by atoms with Crippen LogP contribution in [-0.2, 0) is 18.6 Å². The molecule has 4 nitrogen and oxygen atoms in total. The highest BCUT2D eigenvalue weighted by molar-refractivity contribution is 6.61. The maximum absolute atomic E-state index is 6.57. The molecule has 0 N–H and O–H groups in total. The van der Waals surface area contributed by atoms with Gasteiger partial charge in [-0.25, -0.2) is 0 Å². The second-order valence-corrected chi connectivity index (χ2v) is 11.1. The predicted molar refractivity (Wildman–Crippen MR) is 136 cm³/mol. The summed E-state index contributed by atoms with van der Waals surface area (Å²) in [6.45, 7) is 16.7. The van der Waals surface area contributed by atoms with E-state index in [-0.39, 0.29) is 0 Å². The molecule has 0 bridgehead atoms. The molecule has 2 aromatic rings. The van der Waals surface area contributed by atoms with Gasteiger partial charge in [0, 0.05) is 6.32 Å². The van der Waals surface area contributed by atoms with Gasteiger partial charge in [-0.3, -0.25) is 0 Å². The van der Waals surface area contributed by atoms with E-state index in [1.54, 1.807) is 0 Å². The molecule has 0 radical (unpaired) electrons. The summed E-state index contributed by atoms with van der Waals surface area (Å²) >= 11 is 0. The van der Waals surface area contributed by atoms with E-state index in [2.05, 4.69) is 104 Å². The lowest BCUT2D eigenvalue weighted by Crippen LogP contribution is -2.41. The van der Waals surface area contributed by atoms with Gasteiger partial charge in [-0.1, -0.05) is 60.7 Å². The zero-order valence-electron chi connectivity index (χ0n) is 21.3. The van der Waals surface area contributed by atoms with Crippen LogP contribution in [0.1, 0.15) is 66.5 Å². The molecule has 0 atom stereocenters. The van der Waals surface area contributed by atoms with Gasteiger partial charge in [-0.2, -0.15) is 0 Å². The minimum absolute atomic E-state index is 0.397. The molecule has 0 aromatic heterocycles. The fourth-order valence-corrected chi connectivity index (χ4v) is 4.28. The third kappa shape index (κ3) is 4.59. The summed E-state index contributed by atoms with van der Waals surface area (Å²) in [5, 5.41) is 0. The van der Waals surface area contributed by atoms with Crippen molar-refractivity contribution in [2.75, 3.05) is 0 Å². The van der Waals surface area contributed by atoms with Crippen LogP contribution in [0.3, 0.4) is 0 Å². The van der Waals surface area contributed by atoms with Crippen molar-refractivity contribution in [3.63, 3.8) is 0 Å². The van der Waals surface area contributed by atoms with Crippen LogP contribution in [0.2, 0.25) is 6.32 Å². The predicted octanol–water partition coefficient (Wildman–Crippen LogP) is 6.21. The summed E-state index contributed by atoms with van der Waals surface area (Å²) in [5.74, 6) is 0. The van der Waals surface area contributed by atoms with E-state index in [9.17, 15) is 0 Å². The summed E-state index contributed by atoms with van der Waals surface area (Å²) < 4.78 is 26.0. The average molecular weight is 446 g/mol. The highest BCUT2D eigenvalue weighted by atomic mass is 16.7. The van der Waals surface area contributed by atoms with Gasteiger partial charge in [0.05, 0.1) is 22.4 Å². The quantitative estimate of drug-likeness (QED) is 0.512. The summed E-state index contributed by atoms with van der Waals surface area (Å²) in [6, 6.07) is 20.9. The second-order valence-electron chi connectivity index (χ2n) is 11.1. The van der Waals surface area contributed by atoms with Crippen LogP contribution in [0.25, 0.3) is 5.57 Å². The van der Waals surface area contributed by atoms with Gasteiger partial charge in [-0.15, -0.1) is 0 Å². The monoisotopic (exact) mass is 446 g/mol. The Kier molecular flexibility index (Phi) is 6.20. The fourth-order valence-electron chi connectivity index (χ4n) is 4.28. The molecule has 0 unspecified atom stereocenters. The van der Waals surface area contributed by atoms with E-state index in [1.165, 1.54) is 0 Å². The first kappa shape index (κ1) is 24.3. The molecule has 4 rings (SSSR count). The Morgan fingerprint density at radius 2 is 0.939 bits per heavy atom. The topological polar surface area (TPSA) is 36.9 Å². The first-order valence-electron chi connectivity index (χ1n) is 11.9. The van der Waals surface area contributed by atoms with E-state index in [1.807, 2.05) is 12.1 Å². The zero-order chi connectivity index (χ0) is 24.1. The Balaban J connectivity index is 1.86. The van der Waals surface area contributed by atoms with Gasteiger partial charge >= 0.3 is 14.2 Å². The SMILES string of the molecule is CC1(C)OB(CC(B2OC(C)(C)C(C)(C)O2)=C(c2ccccc2)c2ccccc2)OC1(C)C. The lowest BCUT2D eigenvalue weighted by Gasteiger charge is -2.32. The normalized spacial score (nSPS) is 22.4. The summed E-state index contributed by atoms with van der Waals surface area (Å²) in [4.78, 5) is 0. The van der Waals surface area contributed by atoms with Crippen LogP contribution < -0.4 is 0 Å². The smallest absolute Gasteiger partial charge is 0.403 e. The van der Waals surface area contributed by atoms with Crippen molar-refractivity contribution in [1.82, 2.24) is 0 Å². The zero-order valence-corrected chi connectivity index (χ0v) is 21.3. The summed E-state index contributed by atoms with van der Waals surface area (Å²) in [6.07, 6.45) is 0.544. The first-order valence-corrected chi connectivity index (χ1v) is 11.9.